The summed E-state index contributed by atoms with van der Waals surface area (Å²) in [5, 5.41) is 9.35. The molecular weight excluding hydrogens is 138 g/mol. The maximum atomic E-state index is 9.35. The fourth-order valence-electron chi connectivity index (χ4n) is 0.862. The van der Waals surface area contributed by atoms with Crippen molar-refractivity contribution in [1.29, 1.82) is 0 Å². The fourth-order valence-corrected chi connectivity index (χ4v) is 0.862. The van der Waals surface area contributed by atoms with Crippen molar-refractivity contribution < 1.29 is 5.11 Å². The van der Waals surface area contributed by atoms with Crippen molar-refractivity contribution in [2.75, 3.05) is 20.6 Å². The lowest BCUT2D eigenvalue weighted by Gasteiger charge is -2.13. The van der Waals surface area contributed by atoms with Crippen molar-refractivity contribution in [2.45, 2.75) is 25.4 Å². The molecule has 0 aromatic rings. The lowest BCUT2D eigenvalue weighted by Crippen LogP contribution is -2.19. The summed E-state index contributed by atoms with van der Waals surface area (Å²) in [6.45, 7) is 4.56. The van der Waals surface area contributed by atoms with E-state index in [9.17, 15) is 5.11 Å². The van der Waals surface area contributed by atoms with Crippen LogP contribution >= 0.6 is 0 Å². The van der Waals surface area contributed by atoms with Gasteiger partial charge in [-0.3, -0.25) is 0 Å². The van der Waals surface area contributed by atoms with Crippen molar-refractivity contribution in [1.82, 2.24) is 4.90 Å². The molecule has 0 radical (unpaired) electrons. The van der Waals surface area contributed by atoms with E-state index in [0.717, 1.165) is 25.8 Å². The summed E-state index contributed by atoms with van der Waals surface area (Å²) in [6, 6.07) is 0. The van der Waals surface area contributed by atoms with Crippen LogP contribution in [0.1, 0.15) is 19.3 Å². The van der Waals surface area contributed by atoms with E-state index in [2.05, 4.69) is 11.5 Å². The third kappa shape index (κ3) is 7.56. The molecule has 0 rings (SSSR count). The molecule has 0 aliphatic heterocycles. The Morgan fingerprint density at radius 2 is 2.09 bits per heavy atom. The number of aliphatic hydroxyl groups is 1. The lowest BCUT2D eigenvalue weighted by molar-refractivity contribution is 0.144. The average molecular weight is 157 g/mol. The topological polar surface area (TPSA) is 23.5 Å². The smallest absolute Gasteiger partial charge is 0.0555 e. The summed E-state index contributed by atoms with van der Waals surface area (Å²) in [5.74, 6) is 0. The summed E-state index contributed by atoms with van der Waals surface area (Å²) in [6.07, 6.45) is 4.31. The summed E-state index contributed by atoms with van der Waals surface area (Å²) in [4.78, 5) is 2.08. The number of rotatable bonds is 6. The molecule has 1 N–H and O–H groups in total. The Kier molecular flexibility index (Phi) is 6.18. The van der Waals surface area contributed by atoms with Gasteiger partial charge >= 0.3 is 0 Å². The predicted octanol–water partition coefficient (Wildman–Crippen LogP) is 1.27. The summed E-state index contributed by atoms with van der Waals surface area (Å²) in [5.41, 5.74) is 0. The molecule has 0 bridgehead atoms. The zero-order valence-electron chi connectivity index (χ0n) is 7.58. The SMILES string of the molecule is C=CCCC(O)CCN(C)C. The minimum atomic E-state index is -0.157. The number of hydrogen-bond donors (Lipinski definition) is 1. The quantitative estimate of drug-likeness (QED) is 0.587. The van der Waals surface area contributed by atoms with Crippen molar-refractivity contribution in [3.8, 4) is 0 Å². The Balaban J connectivity index is 3.21. The van der Waals surface area contributed by atoms with E-state index in [4.69, 9.17) is 0 Å². The van der Waals surface area contributed by atoms with Crippen LogP contribution in [-0.2, 0) is 0 Å². The van der Waals surface area contributed by atoms with Crippen LogP contribution in [0.15, 0.2) is 12.7 Å². The minimum absolute atomic E-state index is 0.157. The van der Waals surface area contributed by atoms with Crippen LogP contribution in [0.3, 0.4) is 0 Å². The minimum Gasteiger partial charge on any atom is -0.393 e. The first-order chi connectivity index (χ1) is 5.16. The van der Waals surface area contributed by atoms with Crippen LogP contribution in [0, 0.1) is 0 Å². The van der Waals surface area contributed by atoms with Gasteiger partial charge in [0.25, 0.3) is 0 Å². The van der Waals surface area contributed by atoms with Gasteiger partial charge in [-0.1, -0.05) is 6.08 Å². The van der Waals surface area contributed by atoms with Gasteiger partial charge in [0.1, 0.15) is 0 Å². The first-order valence-corrected chi connectivity index (χ1v) is 4.10. The second kappa shape index (κ2) is 6.38. The summed E-state index contributed by atoms with van der Waals surface area (Å²) in [7, 11) is 4.03. The van der Waals surface area contributed by atoms with Crippen molar-refractivity contribution >= 4 is 0 Å². The van der Waals surface area contributed by atoms with E-state index < -0.39 is 0 Å². The maximum Gasteiger partial charge on any atom is 0.0555 e. The van der Waals surface area contributed by atoms with Gasteiger partial charge in [-0.05, 0) is 39.9 Å². The van der Waals surface area contributed by atoms with Crippen LogP contribution < -0.4 is 0 Å². The predicted molar refractivity (Wildman–Crippen MR) is 48.6 cm³/mol. The van der Waals surface area contributed by atoms with E-state index >= 15 is 0 Å². The van der Waals surface area contributed by atoms with Crippen molar-refractivity contribution in [3.63, 3.8) is 0 Å². The van der Waals surface area contributed by atoms with E-state index in [0.29, 0.717) is 0 Å². The molecule has 0 saturated heterocycles. The van der Waals surface area contributed by atoms with Gasteiger partial charge < -0.3 is 10.0 Å². The van der Waals surface area contributed by atoms with Gasteiger partial charge in [0.2, 0.25) is 0 Å². The molecule has 0 amide bonds. The van der Waals surface area contributed by atoms with E-state index in [1.165, 1.54) is 0 Å². The molecule has 0 aromatic carbocycles. The molecule has 0 spiro atoms. The van der Waals surface area contributed by atoms with Gasteiger partial charge in [-0.2, -0.15) is 0 Å². The molecule has 2 nitrogen and oxygen atoms in total. The van der Waals surface area contributed by atoms with Gasteiger partial charge in [-0.25, -0.2) is 0 Å². The highest BCUT2D eigenvalue weighted by molar-refractivity contribution is 4.69. The van der Waals surface area contributed by atoms with Gasteiger partial charge in [-0.15, -0.1) is 6.58 Å². The van der Waals surface area contributed by atoms with Crippen molar-refractivity contribution in [3.05, 3.63) is 12.7 Å². The zero-order chi connectivity index (χ0) is 8.69. The van der Waals surface area contributed by atoms with Gasteiger partial charge in [0.05, 0.1) is 6.10 Å². The molecule has 11 heavy (non-hydrogen) atoms. The van der Waals surface area contributed by atoms with E-state index in [1.54, 1.807) is 0 Å². The number of allylic oxidation sites excluding steroid dienone is 1. The summed E-state index contributed by atoms with van der Waals surface area (Å²) < 4.78 is 0. The van der Waals surface area contributed by atoms with E-state index in [-0.39, 0.29) is 6.10 Å². The Labute approximate surface area is 69.5 Å². The molecule has 1 unspecified atom stereocenters. The highest BCUT2D eigenvalue weighted by Gasteiger charge is 2.02. The largest absolute Gasteiger partial charge is 0.393 e. The standard InChI is InChI=1S/C9H19NO/c1-4-5-6-9(11)7-8-10(2)3/h4,9,11H,1,5-8H2,2-3H3. The molecule has 0 aliphatic carbocycles. The van der Waals surface area contributed by atoms with Gasteiger partial charge in [0, 0.05) is 0 Å². The third-order valence-electron chi connectivity index (χ3n) is 1.61. The van der Waals surface area contributed by atoms with E-state index in [1.807, 2.05) is 20.2 Å². The lowest BCUT2D eigenvalue weighted by atomic mass is 10.1. The highest BCUT2D eigenvalue weighted by Crippen LogP contribution is 2.01. The molecule has 0 aliphatic rings. The van der Waals surface area contributed by atoms with Crippen LogP contribution in [0.25, 0.3) is 0 Å². The zero-order valence-corrected chi connectivity index (χ0v) is 7.58. The molecule has 0 fully saturated rings. The Morgan fingerprint density at radius 3 is 2.55 bits per heavy atom. The summed E-state index contributed by atoms with van der Waals surface area (Å²) >= 11 is 0. The van der Waals surface area contributed by atoms with Crippen LogP contribution in [0.2, 0.25) is 0 Å². The second-order valence-electron chi connectivity index (χ2n) is 3.11. The Hall–Kier alpha value is -0.340. The Bertz CT molecular complexity index is 102. The second-order valence-corrected chi connectivity index (χ2v) is 3.11. The van der Waals surface area contributed by atoms with Crippen molar-refractivity contribution in [2.24, 2.45) is 0 Å². The third-order valence-corrected chi connectivity index (χ3v) is 1.61. The van der Waals surface area contributed by atoms with Crippen LogP contribution in [-0.4, -0.2) is 36.8 Å². The van der Waals surface area contributed by atoms with Gasteiger partial charge in [0.15, 0.2) is 0 Å². The first-order valence-electron chi connectivity index (χ1n) is 4.10. The average Bonchev–Trinajstić information content (AvgIpc) is 1.97. The number of nitrogens with zero attached hydrogens (tertiary/aromatic N) is 1. The van der Waals surface area contributed by atoms with Crippen LogP contribution in [0.5, 0.6) is 0 Å². The highest BCUT2D eigenvalue weighted by atomic mass is 16.3. The molecule has 0 heterocycles. The molecule has 0 aromatic heterocycles. The fraction of sp³-hybridized carbons (Fsp3) is 0.778. The molecular formula is C9H19NO. The normalized spacial score (nSPS) is 13.5. The number of aliphatic hydroxyl groups excluding tert-OH is 1. The molecule has 2 heteroatoms. The van der Waals surface area contributed by atoms with Crippen LogP contribution in [0.4, 0.5) is 0 Å². The molecule has 1 atom stereocenters. The number of hydrogen-bond acceptors (Lipinski definition) is 2. The maximum absolute atomic E-state index is 9.35. The molecule has 66 valence electrons. The Morgan fingerprint density at radius 1 is 1.45 bits per heavy atom. The molecule has 0 saturated carbocycles. The first kappa shape index (κ1) is 10.7. The monoisotopic (exact) mass is 157 g/mol.